The molecule has 0 aliphatic carbocycles. The van der Waals surface area contributed by atoms with Crippen molar-refractivity contribution in [3.8, 4) is 11.5 Å². The third kappa shape index (κ3) is 7.53. The van der Waals surface area contributed by atoms with Gasteiger partial charge in [0, 0.05) is 19.8 Å². The predicted molar refractivity (Wildman–Crippen MR) is 125 cm³/mol. The topological polar surface area (TPSA) is 92.2 Å². The minimum Gasteiger partial charge on any atom is -0.492 e. The van der Waals surface area contributed by atoms with Crippen LogP contribution >= 0.6 is 0 Å². The Balaban J connectivity index is 1.54. The molecule has 3 aromatic rings. The lowest BCUT2D eigenvalue weighted by atomic mass is 10.2. The lowest BCUT2D eigenvalue weighted by molar-refractivity contribution is -0.138. The zero-order valence-electron chi connectivity index (χ0n) is 18.7. The number of likely N-dealkylation sites (N-methyl/N-ethyl adjacent to an activating group) is 1. The average Bonchev–Trinajstić information content (AvgIpc) is 2.81. The summed E-state index contributed by atoms with van der Waals surface area (Å²) in [7, 11) is 1.95. The van der Waals surface area contributed by atoms with Crippen molar-refractivity contribution in [2.24, 2.45) is 0 Å². The summed E-state index contributed by atoms with van der Waals surface area (Å²) in [6.45, 7) is 2.69. The number of carboxylic acid groups (broad SMARTS) is 1. The fourth-order valence-corrected chi connectivity index (χ4v) is 3.03. The summed E-state index contributed by atoms with van der Waals surface area (Å²) in [4.78, 5) is 31.2. The number of pyridine rings is 1. The second kappa shape index (κ2) is 11.5. The van der Waals surface area contributed by atoms with Crippen molar-refractivity contribution in [1.82, 2.24) is 9.88 Å². The second-order valence-electron chi connectivity index (χ2n) is 7.53. The van der Waals surface area contributed by atoms with Crippen LogP contribution < -0.4 is 14.4 Å². The van der Waals surface area contributed by atoms with Crippen LogP contribution in [0.3, 0.4) is 0 Å². The van der Waals surface area contributed by atoms with Crippen LogP contribution in [-0.4, -0.2) is 53.8 Å². The summed E-state index contributed by atoms with van der Waals surface area (Å²) in [5.41, 5.74) is 1.79. The average molecular weight is 450 g/mol. The van der Waals surface area contributed by atoms with Gasteiger partial charge in [-0.15, -0.1) is 0 Å². The molecule has 0 saturated heterocycles. The number of carbonyl (C=O) groups excluding carboxylic acids is 1. The minimum absolute atomic E-state index is 0.0969. The number of hydrogen-bond donors (Lipinski definition) is 1. The number of aryl methyl sites for hydroxylation is 1. The van der Waals surface area contributed by atoms with Gasteiger partial charge in [-0.05, 0) is 48.9 Å². The van der Waals surface area contributed by atoms with E-state index in [1.165, 1.54) is 0 Å². The molecule has 0 bridgehead atoms. The van der Waals surface area contributed by atoms with Crippen LogP contribution in [-0.2, 0) is 11.3 Å². The van der Waals surface area contributed by atoms with Gasteiger partial charge in [0.2, 0.25) is 0 Å². The summed E-state index contributed by atoms with van der Waals surface area (Å²) in [6.07, 6.45) is 1.02. The molecule has 1 heterocycles. The van der Waals surface area contributed by atoms with Gasteiger partial charge in [-0.3, -0.25) is 9.69 Å². The lowest BCUT2D eigenvalue weighted by Gasteiger charge is -2.20. The zero-order valence-corrected chi connectivity index (χ0v) is 18.7. The molecule has 1 amide bonds. The van der Waals surface area contributed by atoms with Crippen LogP contribution in [0.25, 0.3) is 0 Å². The molecule has 8 nitrogen and oxygen atoms in total. The number of anilines is 1. The smallest absolute Gasteiger partial charge is 0.416 e. The number of carbonyl (C=O) groups is 2. The number of hydrogen-bond acceptors (Lipinski definition) is 6. The molecule has 3 rings (SSSR count). The maximum atomic E-state index is 12.5. The van der Waals surface area contributed by atoms with Gasteiger partial charge in [-0.25, -0.2) is 9.78 Å². The number of aromatic nitrogens is 1. The Kier molecular flexibility index (Phi) is 8.24. The van der Waals surface area contributed by atoms with Gasteiger partial charge in [0.05, 0.1) is 6.54 Å². The summed E-state index contributed by atoms with van der Waals surface area (Å²) < 4.78 is 11.1. The van der Waals surface area contributed by atoms with Crippen LogP contribution in [0.4, 0.5) is 10.6 Å². The molecule has 33 heavy (non-hydrogen) atoms. The largest absolute Gasteiger partial charge is 0.492 e. The number of ether oxygens (including phenoxy) is 2. The van der Waals surface area contributed by atoms with Crippen molar-refractivity contribution in [2.75, 3.05) is 31.6 Å². The van der Waals surface area contributed by atoms with E-state index in [4.69, 9.17) is 9.47 Å². The zero-order chi connectivity index (χ0) is 23.6. The number of carboxylic acids is 1. The SMILES string of the molecule is Cc1ccc(OC(=O)N(CC(=O)O)Cc2ccc(OCCN(C)c3ccccn3)cc2)cc1. The highest BCUT2D eigenvalue weighted by molar-refractivity contribution is 5.78. The minimum atomic E-state index is -1.12. The van der Waals surface area contributed by atoms with Crippen LogP contribution in [0.5, 0.6) is 11.5 Å². The first kappa shape index (κ1) is 23.6. The molecular formula is C25H27N3O5. The molecule has 2 aromatic carbocycles. The van der Waals surface area contributed by atoms with E-state index in [9.17, 15) is 14.7 Å². The van der Waals surface area contributed by atoms with Gasteiger partial charge in [0.15, 0.2) is 0 Å². The number of rotatable bonds is 10. The van der Waals surface area contributed by atoms with Crippen molar-refractivity contribution >= 4 is 17.9 Å². The standard InChI is InChI=1S/C25H27N3O5/c1-19-6-10-22(11-7-19)33-25(31)28(18-24(29)30)17-20-8-12-21(13-9-20)32-16-15-27(2)23-5-3-4-14-26-23/h3-14H,15-18H2,1-2H3,(H,29,30). The van der Waals surface area contributed by atoms with Crippen molar-refractivity contribution in [3.05, 3.63) is 84.1 Å². The third-order valence-corrected chi connectivity index (χ3v) is 4.84. The highest BCUT2D eigenvalue weighted by atomic mass is 16.6. The predicted octanol–water partition coefficient (Wildman–Crippen LogP) is 3.99. The Bertz CT molecular complexity index is 1040. The van der Waals surface area contributed by atoms with Gasteiger partial charge in [0.1, 0.15) is 30.5 Å². The third-order valence-electron chi connectivity index (χ3n) is 4.84. The van der Waals surface area contributed by atoms with E-state index in [0.29, 0.717) is 24.7 Å². The van der Waals surface area contributed by atoms with Gasteiger partial charge >= 0.3 is 12.1 Å². The Morgan fingerprint density at radius 1 is 0.970 bits per heavy atom. The lowest BCUT2D eigenvalue weighted by Crippen LogP contribution is -2.37. The monoisotopic (exact) mass is 449 g/mol. The van der Waals surface area contributed by atoms with Gasteiger partial charge in [-0.1, -0.05) is 35.9 Å². The Morgan fingerprint density at radius 2 is 1.67 bits per heavy atom. The van der Waals surface area contributed by atoms with E-state index in [1.807, 2.05) is 49.2 Å². The Morgan fingerprint density at radius 3 is 2.30 bits per heavy atom. The first-order valence-electron chi connectivity index (χ1n) is 10.5. The quantitative estimate of drug-likeness (QED) is 0.500. The summed E-state index contributed by atoms with van der Waals surface area (Å²) in [5.74, 6) is 0.793. The second-order valence-corrected chi connectivity index (χ2v) is 7.53. The maximum absolute atomic E-state index is 12.5. The Hall–Kier alpha value is -4.07. The maximum Gasteiger partial charge on any atom is 0.416 e. The van der Waals surface area contributed by atoms with Crippen LogP contribution in [0.1, 0.15) is 11.1 Å². The number of amides is 1. The molecule has 0 aliphatic rings. The van der Waals surface area contributed by atoms with Crippen molar-refractivity contribution in [1.29, 1.82) is 0 Å². The van der Waals surface area contributed by atoms with Gasteiger partial charge < -0.3 is 19.5 Å². The van der Waals surface area contributed by atoms with E-state index in [2.05, 4.69) is 4.98 Å². The van der Waals surface area contributed by atoms with E-state index in [1.54, 1.807) is 42.6 Å². The van der Waals surface area contributed by atoms with E-state index >= 15 is 0 Å². The van der Waals surface area contributed by atoms with Crippen LogP contribution in [0.2, 0.25) is 0 Å². The van der Waals surface area contributed by atoms with Crippen molar-refractivity contribution in [2.45, 2.75) is 13.5 Å². The number of aliphatic carboxylic acids is 1. The Labute approximate surface area is 193 Å². The fourth-order valence-electron chi connectivity index (χ4n) is 3.03. The molecule has 0 fully saturated rings. The number of nitrogens with zero attached hydrogens (tertiary/aromatic N) is 3. The molecule has 0 aliphatic heterocycles. The first-order valence-corrected chi connectivity index (χ1v) is 10.5. The van der Waals surface area contributed by atoms with Gasteiger partial charge in [0.25, 0.3) is 0 Å². The molecule has 0 radical (unpaired) electrons. The molecular weight excluding hydrogens is 422 g/mol. The molecule has 8 heteroatoms. The molecule has 0 unspecified atom stereocenters. The van der Waals surface area contributed by atoms with E-state index in [0.717, 1.165) is 21.8 Å². The first-order chi connectivity index (χ1) is 15.9. The van der Waals surface area contributed by atoms with E-state index in [-0.39, 0.29) is 6.54 Å². The highest BCUT2D eigenvalue weighted by Gasteiger charge is 2.19. The fraction of sp³-hybridized carbons (Fsp3) is 0.240. The molecule has 0 atom stereocenters. The van der Waals surface area contributed by atoms with Crippen molar-refractivity contribution in [3.63, 3.8) is 0 Å². The molecule has 1 N–H and O–H groups in total. The summed E-state index contributed by atoms with van der Waals surface area (Å²) >= 11 is 0. The molecule has 0 spiro atoms. The summed E-state index contributed by atoms with van der Waals surface area (Å²) in [5, 5.41) is 9.20. The highest BCUT2D eigenvalue weighted by Crippen LogP contribution is 2.17. The van der Waals surface area contributed by atoms with Crippen molar-refractivity contribution < 1.29 is 24.2 Å². The van der Waals surface area contributed by atoms with Crippen LogP contribution in [0.15, 0.2) is 72.9 Å². The molecule has 0 saturated carbocycles. The number of benzene rings is 2. The molecule has 1 aromatic heterocycles. The van der Waals surface area contributed by atoms with Gasteiger partial charge in [-0.2, -0.15) is 0 Å². The molecule has 172 valence electrons. The van der Waals surface area contributed by atoms with E-state index < -0.39 is 18.6 Å². The normalized spacial score (nSPS) is 10.4. The summed E-state index contributed by atoms with van der Waals surface area (Å²) in [6, 6.07) is 19.9. The van der Waals surface area contributed by atoms with Crippen LogP contribution in [0, 0.1) is 6.92 Å².